The first-order valence-corrected chi connectivity index (χ1v) is 7.24. The quantitative estimate of drug-likeness (QED) is 0.860. The SMILES string of the molecule is CCCc1nn(C)c2c1[nH]c(=S)n2C1CC1CC. The Hall–Kier alpha value is -1.10. The minimum atomic E-state index is 0.584. The summed E-state index contributed by atoms with van der Waals surface area (Å²) >= 11 is 5.49. The van der Waals surface area contributed by atoms with Gasteiger partial charge in [-0.2, -0.15) is 5.10 Å². The molecule has 1 aliphatic rings. The smallest absolute Gasteiger partial charge is 0.179 e. The highest BCUT2D eigenvalue weighted by Crippen LogP contribution is 2.47. The Labute approximate surface area is 112 Å². The maximum absolute atomic E-state index is 5.49. The standard InChI is InChI=1S/C13H20N4S/c1-4-6-9-11-12(16(3)15-9)17(13(18)14-11)10-7-8(10)5-2/h8,10H,4-7H2,1-3H3,(H,14,18). The van der Waals surface area contributed by atoms with Crippen molar-refractivity contribution in [3.05, 3.63) is 10.5 Å². The molecule has 0 spiro atoms. The molecule has 1 saturated carbocycles. The zero-order valence-corrected chi connectivity index (χ0v) is 12.0. The first kappa shape index (κ1) is 12.0. The summed E-state index contributed by atoms with van der Waals surface area (Å²) < 4.78 is 5.12. The summed E-state index contributed by atoms with van der Waals surface area (Å²) in [7, 11) is 2.02. The lowest BCUT2D eigenvalue weighted by molar-refractivity contribution is 0.624. The predicted molar refractivity (Wildman–Crippen MR) is 75.3 cm³/mol. The fourth-order valence-corrected chi connectivity index (χ4v) is 3.27. The van der Waals surface area contributed by atoms with Crippen molar-refractivity contribution in [1.82, 2.24) is 19.3 Å². The molecule has 18 heavy (non-hydrogen) atoms. The summed E-state index contributed by atoms with van der Waals surface area (Å²) in [5.74, 6) is 0.792. The van der Waals surface area contributed by atoms with Gasteiger partial charge in [0.25, 0.3) is 0 Å². The monoisotopic (exact) mass is 264 g/mol. The Kier molecular flexibility index (Phi) is 2.81. The van der Waals surface area contributed by atoms with E-state index in [4.69, 9.17) is 12.2 Å². The van der Waals surface area contributed by atoms with Gasteiger partial charge in [-0.05, 0) is 31.0 Å². The largest absolute Gasteiger partial charge is 0.328 e. The summed E-state index contributed by atoms with van der Waals surface area (Å²) in [5.41, 5.74) is 3.46. The van der Waals surface area contributed by atoms with Crippen LogP contribution in [0.1, 0.15) is 44.8 Å². The molecule has 0 amide bonds. The van der Waals surface area contributed by atoms with Gasteiger partial charge in [-0.1, -0.05) is 26.7 Å². The van der Waals surface area contributed by atoms with Crippen molar-refractivity contribution < 1.29 is 0 Å². The van der Waals surface area contributed by atoms with E-state index in [1.165, 1.54) is 18.5 Å². The number of aryl methyl sites for hydroxylation is 2. The van der Waals surface area contributed by atoms with Crippen molar-refractivity contribution in [1.29, 1.82) is 0 Å². The van der Waals surface area contributed by atoms with Gasteiger partial charge in [0.1, 0.15) is 5.52 Å². The van der Waals surface area contributed by atoms with Crippen molar-refractivity contribution in [2.24, 2.45) is 13.0 Å². The Morgan fingerprint density at radius 3 is 2.83 bits per heavy atom. The van der Waals surface area contributed by atoms with Gasteiger partial charge in [0, 0.05) is 13.1 Å². The molecule has 0 saturated heterocycles. The van der Waals surface area contributed by atoms with Gasteiger partial charge in [-0.3, -0.25) is 9.25 Å². The van der Waals surface area contributed by atoms with E-state index in [0.717, 1.165) is 34.7 Å². The van der Waals surface area contributed by atoms with Crippen molar-refractivity contribution in [2.75, 3.05) is 0 Å². The van der Waals surface area contributed by atoms with Crippen LogP contribution in [0, 0.1) is 10.7 Å². The van der Waals surface area contributed by atoms with Crippen LogP contribution in [-0.2, 0) is 13.5 Å². The number of nitrogens with zero attached hydrogens (tertiary/aromatic N) is 3. The van der Waals surface area contributed by atoms with Crippen LogP contribution in [0.25, 0.3) is 11.2 Å². The summed E-state index contributed by atoms with van der Waals surface area (Å²) in [6.45, 7) is 4.43. The van der Waals surface area contributed by atoms with E-state index >= 15 is 0 Å². The highest BCUT2D eigenvalue weighted by Gasteiger charge is 2.39. The molecule has 0 radical (unpaired) electrons. The molecule has 2 aromatic heterocycles. The molecule has 5 heteroatoms. The fourth-order valence-electron chi connectivity index (χ4n) is 2.94. The van der Waals surface area contributed by atoms with Gasteiger partial charge >= 0.3 is 0 Å². The van der Waals surface area contributed by atoms with E-state index in [1.807, 2.05) is 11.7 Å². The van der Waals surface area contributed by atoms with Crippen LogP contribution in [0.3, 0.4) is 0 Å². The number of imidazole rings is 1. The van der Waals surface area contributed by atoms with Crippen LogP contribution in [-0.4, -0.2) is 19.3 Å². The topological polar surface area (TPSA) is 38.5 Å². The fraction of sp³-hybridized carbons (Fsp3) is 0.692. The lowest BCUT2D eigenvalue weighted by atomic mass is 10.2. The van der Waals surface area contributed by atoms with E-state index in [0.29, 0.717) is 6.04 Å². The number of nitrogens with one attached hydrogen (secondary N) is 1. The number of hydrogen-bond acceptors (Lipinski definition) is 2. The molecule has 2 heterocycles. The van der Waals surface area contributed by atoms with Gasteiger partial charge in [-0.25, -0.2) is 0 Å². The van der Waals surface area contributed by atoms with Gasteiger partial charge in [0.15, 0.2) is 10.4 Å². The van der Waals surface area contributed by atoms with Crippen LogP contribution in [0.4, 0.5) is 0 Å². The molecular formula is C13H20N4S. The van der Waals surface area contributed by atoms with Crippen molar-refractivity contribution in [3.8, 4) is 0 Å². The van der Waals surface area contributed by atoms with E-state index in [9.17, 15) is 0 Å². The molecule has 3 rings (SSSR count). The summed E-state index contributed by atoms with van der Waals surface area (Å²) in [6, 6.07) is 0.584. The Morgan fingerprint density at radius 1 is 1.44 bits per heavy atom. The van der Waals surface area contributed by atoms with Crippen molar-refractivity contribution in [2.45, 2.75) is 45.6 Å². The Bertz CT molecular complexity index is 633. The molecular weight excluding hydrogens is 244 g/mol. The molecule has 2 atom stereocenters. The number of H-pyrrole nitrogens is 1. The molecule has 0 aromatic carbocycles. The maximum atomic E-state index is 5.49. The van der Waals surface area contributed by atoms with Gasteiger partial charge < -0.3 is 4.98 Å². The van der Waals surface area contributed by atoms with Crippen molar-refractivity contribution >= 4 is 23.4 Å². The van der Waals surface area contributed by atoms with Crippen LogP contribution >= 0.6 is 12.2 Å². The maximum Gasteiger partial charge on any atom is 0.179 e. The number of hydrogen-bond donors (Lipinski definition) is 1. The minimum Gasteiger partial charge on any atom is -0.328 e. The predicted octanol–water partition coefficient (Wildman–Crippen LogP) is 3.36. The second-order valence-corrected chi connectivity index (χ2v) is 5.68. The molecule has 1 aliphatic carbocycles. The van der Waals surface area contributed by atoms with Crippen LogP contribution in [0.2, 0.25) is 0 Å². The highest BCUT2D eigenvalue weighted by atomic mass is 32.1. The first-order chi connectivity index (χ1) is 8.67. The van der Waals surface area contributed by atoms with Crippen LogP contribution in [0.5, 0.6) is 0 Å². The zero-order valence-electron chi connectivity index (χ0n) is 11.2. The molecule has 0 aliphatic heterocycles. The molecule has 98 valence electrons. The van der Waals surface area contributed by atoms with E-state index in [2.05, 4.69) is 28.5 Å². The number of aromatic amines is 1. The van der Waals surface area contributed by atoms with E-state index in [1.54, 1.807) is 0 Å². The summed E-state index contributed by atoms with van der Waals surface area (Å²) in [5, 5.41) is 4.62. The zero-order chi connectivity index (χ0) is 12.9. The molecule has 1 N–H and O–H groups in total. The van der Waals surface area contributed by atoms with Crippen molar-refractivity contribution in [3.63, 3.8) is 0 Å². The lowest BCUT2D eigenvalue weighted by Gasteiger charge is -2.03. The summed E-state index contributed by atoms with van der Waals surface area (Å²) in [4.78, 5) is 3.36. The molecule has 2 unspecified atom stereocenters. The second-order valence-electron chi connectivity index (χ2n) is 5.29. The highest BCUT2D eigenvalue weighted by molar-refractivity contribution is 7.71. The molecule has 1 fully saturated rings. The number of rotatable bonds is 4. The first-order valence-electron chi connectivity index (χ1n) is 6.83. The third-order valence-corrected chi connectivity index (χ3v) is 4.30. The average molecular weight is 264 g/mol. The molecule has 2 aromatic rings. The van der Waals surface area contributed by atoms with Gasteiger partial charge in [0.05, 0.1) is 5.69 Å². The van der Waals surface area contributed by atoms with Crippen LogP contribution in [0.15, 0.2) is 0 Å². The molecule has 0 bridgehead atoms. The number of aromatic nitrogens is 4. The van der Waals surface area contributed by atoms with E-state index < -0.39 is 0 Å². The third kappa shape index (κ3) is 1.64. The van der Waals surface area contributed by atoms with Crippen LogP contribution < -0.4 is 0 Å². The minimum absolute atomic E-state index is 0.584. The van der Waals surface area contributed by atoms with Gasteiger partial charge in [-0.15, -0.1) is 0 Å². The van der Waals surface area contributed by atoms with E-state index in [-0.39, 0.29) is 0 Å². The third-order valence-electron chi connectivity index (χ3n) is 4.00. The lowest BCUT2D eigenvalue weighted by Crippen LogP contribution is -2.02. The number of fused-ring (bicyclic) bond motifs is 1. The average Bonchev–Trinajstić information content (AvgIpc) is 2.95. The Balaban J connectivity index is 2.15. The normalized spacial score (nSPS) is 22.8. The second kappa shape index (κ2) is 4.23. The Morgan fingerprint density at radius 2 is 2.22 bits per heavy atom. The van der Waals surface area contributed by atoms with Gasteiger partial charge in [0.2, 0.25) is 0 Å². The molecule has 4 nitrogen and oxygen atoms in total. The summed E-state index contributed by atoms with van der Waals surface area (Å²) in [6.07, 6.45) is 4.61.